The molecular weight excluding hydrogens is 460 g/mol. The Morgan fingerprint density at radius 2 is 1.41 bits per heavy atom. The molecule has 2 aliphatic carbocycles. The van der Waals surface area contributed by atoms with Crippen molar-refractivity contribution in [3.63, 3.8) is 0 Å². The van der Waals surface area contributed by atoms with E-state index in [1.54, 1.807) is 0 Å². The Balaban J connectivity index is 1.51. The summed E-state index contributed by atoms with van der Waals surface area (Å²) in [5.74, 6) is 0.416. The van der Waals surface area contributed by atoms with Gasteiger partial charge in [-0.25, -0.2) is 0 Å². The quantitative estimate of drug-likeness (QED) is 0.357. The molecule has 0 nitrogen and oxygen atoms in total. The summed E-state index contributed by atoms with van der Waals surface area (Å²) in [6.07, 6.45) is 6.87. The highest BCUT2D eigenvalue weighted by Crippen LogP contribution is 2.49. The second-order valence-electron chi connectivity index (χ2n) is 7.25. The zero-order chi connectivity index (χ0) is 18.4. The Bertz CT molecular complexity index is 1040. The third kappa shape index (κ3) is 3.15. The fourth-order valence-corrected chi connectivity index (χ4v) is 5.09. The van der Waals surface area contributed by atoms with E-state index >= 15 is 0 Å². The maximum Gasteiger partial charge on any atom is 0.0178 e. The van der Waals surface area contributed by atoms with Crippen molar-refractivity contribution in [1.29, 1.82) is 0 Å². The van der Waals surface area contributed by atoms with Crippen LogP contribution in [0.4, 0.5) is 0 Å². The van der Waals surface area contributed by atoms with Gasteiger partial charge < -0.3 is 0 Å². The molecule has 0 bridgehead atoms. The monoisotopic (exact) mass is 476 g/mol. The average Bonchev–Trinajstić information content (AvgIpc) is 3.26. The number of hydrogen-bond acceptors (Lipinski definition) is 0. The normalized spacial score (nSPS) is 15.3. The molecule has 2 heteroatoms. The molecule has 0 aromatic heterocycles. The molecule has 0 radical (unpaired) electrons. The van der Waals surface area contributed by atoms with Crippen molar-refractivity contribution in [2.45, 2.75) is 18.8 Å². The van der Waals surface area contributed by atoms with Crippen LogP contribution in [0, 0.1) is 0 Å². The molecule has 5 rings (SSSR count). The van der Waals surface area contributed by atoms with E-state index in [0.717, 1.165) is 21.8 Å². The smallest absolute Gasteiger partial charge is 0.0178 e. The molecule has 27 heavy (non-hydrogen) atoms. The van der Waals surface area contributed by atoms with Gasteiger partial charge in [0.1, 0.15) is 0 Å². The number of benzene rings is 3. The molecule has 0 spiro atoms. The van der Waals surface area contributed by atoms with Crippen LogP contribution in [-0.4, -0.2) is 0 Å². The van der Waals surface area contributed by atoms with Crippen molar-refractivity contribution in [2.24, 2.45) is 0 Å². The minimum atomic E-state index is 0.416. The van der Waals surface area contributed by atoms with Crippen LogP contribution in [0.25, 0.3) is 16.7 Å². The largest absolute Gasteiger partial charge is 0.0726 e. The van der Waals surface area contributed by atoms with E-state index in [9.17, 15) is 0 Å². The van der Waals surface area contributed by atoms with Crippen molar-refractivity contribution < 1.29 is 0 Å². The van der Waals surface area contributed by atoms with Gasteiger partial charge in [-0.2, -0.15) is 0 Å². The van der Waals surface area contributed by atoms with Gasteiger partial charge in [0.25, 0.3) is 0 Å². The molecule has 0 saturated heterocycles. The maximum atomic E-state index is 3.67. The molecule has 0 aliphatic heterocycles. The SMILES string of the molecule is Brc1ccc2c(c1)C(CC1=CC(c3ccccc3)=CC1)c1cc(Br)ccc1-2. The third-order valence-corrected chi connectivity index (χ3v) is 6.57. The minimum Gasteiger partial charge on any atom is -0.0726 e. The van der Waals surface area contributed by atoms with Crippen LogP contribution in [0.1, 0.15) is 35.4 Å². The molecule has 0 heterocycles. The second kappa shape index (κ2) is 6.92. The lowest BCUT2D eigenvalue weighted by atomic mass is 9.89. The van der Waals surface area contributed by atoms with E-state index in [-0.39, 0.29) is 0 Å². The molecule has 3 aromatic carbocycles. The van der Waals surface area contributed by atoms with Crippen LogP contribution in [-0.2, 0) is 0 Å². The number of hydrogen-bond donors (Lipinski definition) is 0. The van der Waals surface area contributed by atoms with Gasteiger partial charge in [-0.3, -0.25) is 0 Å². The predicted octanol–water partition coefficient (Wildman–Crippen LogP) is 8.13. The number of rotatable bonds is 3. The molecule has 0 fully saturated rings. The van der Waals surface area contributed by atoms with Crippen LogP contribution in [0.15, 0.2) is 93.4 Å². The van der Waals surface area contributed by atoms with Gasteiger partial charge in [0.05, 0.1) is 0 Å². The van der Waals surface area contributed by atoms with Crippen LogP contribution in [0.5, 0.6) is 0 Å². The van der Waals surface area contributed by atoms with Crippen LogP contribution in [0.2, 0.25) is 0 Å². The van der Waals surface area contributed by atoms with Gasteiger partial charge in [0.15, 0.2) is 0 Å². The third-order valence-electron chi connectivity index (χ3n) is 5.59. The van der Waals surface area contributed by atoms with Crippen molar-refractivity contribution in [2.75, 3.05) is 0 Å². The summed E-state index contributed by atoms with van der Waals surface area (Å²) < 4.78 is 2.31. The molecule has 2 aliphatic rings. The molecule has 0 amide bonds. The fraction of sp³-hybridized carbons (Fsp3) is 0.120. The first-order valence-electron chi connectivity index (χ1n) is 9.23. The molecule has 3 aromatic rings. The van der Waals surface area contributed by atoms with E-state index in [1.165, 1.54) is 39.0 Å². The lowest BCUT2D eigenvalue weighted by Gasteiger charge is -2.15. The Hall–Kier alpha value is -1.90. The Kier molecular flexibility index (Phi) is 4.41. The summed E-state index contributed by atoms with van der Waals surface area (Å²) in [6, 6.07) is 24.1. The molecular formula is C25H18Br2. The van der Waals surface area contributed by atoms with Crippen LogP contribution >= 0.6 is 31.9 Å². The summed E-state index contributed by atoms with van der Waals surface area (Å²) in [7, 11) is 0. The van der Waals surface area contributed by atoms with Gasteiger partial charge in [0.2, 0.25) is 0 Å². The van der Waals surface area contributed by atoms with Gasteiger partial charge >= 0.3 is 0 Å². The fourth-order valence-electron chi connectivity index (χ4n) is 4.34. The maximum absolute atomic E-state index is 3.67. The van der Waals surface area contributed by atoms with E-state index in [1.807, 2.05) is 0 Å². The number of allylic oxidation sites excluding steroid dienone is 4. The Labute approximate surface area is 176 Å². The van der Waals surface area contributed by atoms with E-state index in [4.69, 9.17) is 0 Å². The van der Waals surface area contributed by atoms with Gasteiger partial charge in [0, 0.05) is 14.9 Å². The topological polar surface area (TPSA) is 0 Å². The molecule has 132 valence electrons. The highest BCUT2D eigenvalue weighted by atomic mass is 79.9. The zero-order valence-corrected chi connectivity index (χ0v) is 17.9. The molecule has 0 atom stereocenters. The van der Waals surface area contributed by atoms with Crippen LogP contribution < -0.4 is 0 Å². The van der Waals surface area contributed by atoms with Gasteiger partial charge in [-0.1, -0.05) is 92.0 Å². The van der Waals surface area contributed by atoms with Crippen molar-refractivity contribution in [3.05, 3.63) is 110 Å². The molecule has 0 saturated carbocycles. The van der Waals surface area contributed by atoms with E-state index in [0.29, 0.717) is 5.92 Å². The number of fused-ring (bicyclic) bond motifs is 3. The standard InChI is InChI=1S/C25H18Br2/c26-19-8-10-21-22-11-9-20(27)15-25(22)23(24(21)14-19)13-16-6-7-18(12-16)17-4-2-1-3-5-17/h1-5,7-12,14-15,23H,6,13H2. The summed E-state index contributed by atoms with van der Waals surface area (Å²) in [4.78, 5) is 0. The zero-order valence-electron chi connectivity index (χ0n) is 14.8. The van der Waals surface area contributed by atoms with Crippen molar-refractivity contribution in [3.8, 4) is 11.1 Å². The molecule has 0 unspecified atom stereocenters. The first kappa shape index (κ1) is 17.2. The molecule has 0 N–H and O–H groups in total. The lowest BCUT2D eigenvalue weighted by molar-refractivity contribution is 0.804. The van der Waals surface area contributed by atoms with Gasteiger partial charge in [-0.05, 0) is 70.5 Å². The lowest BCUT2D eigenvalue weighted by Crippen LogP contribution is -1.98. The van der Waals surface area contributed by atoms with Crippen molar-refractivity contribution in [1.82, 2.24) is 0 Å². The van der Waals surface area contributed by atoms with Crippen molar-refractivity contribution >= 4 is 37.4 Å². The summed E-state index contributed by atoms with van der Waals surface area (Å²) >= 11 is 7.34. The second-order valence-corrected chi connectivity index (χ2v) is 9.08. The summed E-state index contributed by atoms with van der Waals surface area (Å²) in [6.45, 7) is 0. The number of halogens is 2. The Morgan fingerprint density at radius 1 is 0.778 bits per heavy atom. The van der Waals surface area contributed by atoms with Crippen LogP contribution in [0.3, 0.4) is 0 Å². The first-order valence-corrected chi connectivity index (χ1v) is 10.8. The highest BCUT2D eigenvalue weighted by molar-refractivity contribution is 9.10. The minimum absolute atomic E-state index is 0.416. The first-order chi connectivity index (χ1) is 13.2. The average molecular weight is 478 g/mol. The van der Waals surface area contributed by atoms with Gasteiger partial charge in [-0.15, -0.1) is 0 Å². The van der Waals surface area contributed by atoms with E-state index in [2.05, 4.69) is 111 Å². The summed E-state index contributed by atoms with van der Waals surface area (Å²) in [5.41, 5.74) is 9.80. The highest BCUT2D eigenvalue weighted by Gasteiger charge is 2.30. The summed E-state index contributed by atoms with van der Waals surface area (Å²) in [5, 5.41) is 0. The Morgan fingerprint density at radius 3 is 2.04 bits per heavy atom. The van der Waals surface area contributed by atoms with E-state index < -0.39 is 0 Å². The predicted molar refractivity (Wildman–Crippen MR) is 121 cm³/mol.